The van der Waals surface area contributed by atoms with Crippen molar-refractivity contribution < 1.29 is 14.6 Å². The SMILES string of the molecule is COc1cccc(-c2csc3nc(C(=O)O)cn23)c1. The quantitative estimate of drug-likeness (QED) is 0.797. The maximum absolute atomic E-state index is 10.9. The van der Waals surface area contributed by atoms with Crippen LogP contribution < -0.4 is 4.74 Å². The van der Waals surface area contributed by atoms with Gasteiger partial charge < -0.3 is 9.84 Å². The summed E-state index contributed by atoms with van der Waals surface area (Å²) in [6, 6.07) is 7.61. The summed E-state index contributed by atoms with van der Waals surface area (Å²) >= 11 is 1.41. The molecule has 1 N–H and O–H groups in total. The summed E-state index contributed by atoms with van der Waals surface area (Å²) in [5.74, 6) is -0.261. The number of rotatable bonds is 3. The molecular weight excluding hydrogens is 264 g/mol. The molecule has 3 aromatic rings. The van der Waals surface area contributed by atoms with Crippen molar-refractivity contribution in [3.63, 3.8) is 0 Å². The van der Waals surface area contributed by atoms with E-state index < -0.39 is 5.97 Å². The largest absolute Gasteiger partial charge is 0.497 e. The number of hydrogen-bond donors (Lipinski definition) is 1. The van der Waals surface area contributed by atoms with Gasteiger partial charge in [0, 0.05) is 17.1 Å². The van der Waals surface area contributed by atoms with Gasteiger partial charge in [-0.15, -0.1) is 11.3 Å². The second kappa shape index (κ2) is 4.40. The molecule has 3 rings (SSSR count). The Labute approximate surface area is 112 Å². The van der Waals surface area contributed by atoms with E-state index in [9.17, 15) is 4.79 Å². The van der Waals surface area contributed by atoms with Crippen LogP contribution in [0.4, 0.5) is 0 Å². The fraction of sp³-hybridized carbons (Fsp3) is 0.0769. The van der Waals surface area contributed by atoms with Crippen molar-refractivity contribution in [2.75, 3.05) is 7.11 Å². The van der Waals surface area contributed by atoms with Gasteiger partial charge in [-0.3, -0.25) is 4.40 Å². The predicted octanol–water partition coefficient (Wildman–Crippen LogP) is 2.77. The zero-order valence-corrected chi connectivity index (χ0v) is 10.8. The van der Waals surface area contributed by atoms with Gasteiger partial charge >= 0.3 is 5.97 Å². The first kappa shape index (κ1) is 11.7. The molecular formula is C13H10N2O3S. The molecule has 0 atom stereocenters. The van der Waals surface area contributed by atoms with Crippen LogP contribution in [0.3, 0.4) is 0 Å². The average Bonchev–Trinajstić information content (AvgIpc) is 2.98. The molecule has 5 nitrogen and oxygen atoms in total. The van der Waals surface area contributed by atoms with E-state index in [-0.39, 0.29) is 5.69 Å². The predicted molar refractivity (Wildman–Crippen MR) is 72.0 cm³/mol. The molecule has 19 heavy (non-hydrogen) atoms. The van der Waals surface area contributed by atoms with Crippen molar-refractivity contribution in [1.82, 2.24) is 9.38 Å². The number of methoxy groups -OCH3 is 1. The highest BCUT2D eigenvalue weighted by molar-refractivity contribution is 7.15. The third-order valence-corrected chi connectivity index (χ3v) is 3.63. The molecule has 0 saturated carbocycles. The molecule has 0 aliphatic carbocycles. The third kappa shape index (κ3) is 1.96. The molecule has 0 fully saturated rings. The number of ether oxygens (including phenoxy) is 1. The Balaban J connectivity index is 2.16. The Morgan fingerprint density at radius 1 is 1.47 bits per heavy atom. The molecule has 6 heteroatoms. The summed E-state index contributed by atoms with van der Waals surface area (Å²) in [6.45, 7) is 0. The lowest BCUT2D eigenvalue weighted by Gasteiger charge is -2.03. The topological polar surface area (TPSA) is 63.8 Å². The molecule has 2 aromatic heterocycles. The van der Waals surface area contributed by atoms with Crippen molar-refractivity contribution in [1.29, 1.82) is 0 Å². The van der Waals surface area contributed by atoms with Crippen molar-refractivity contribution >= 4 is 22.3 Å². The highest BCUT2D eigenvalue weighted by Crippen LogP contribution is 2.28. The molecule has 0 saturated heterocycles. The van der Waals surface area contributed by atoms with E-state index in [1.54, 1.807) is 11.5 Å². The first-order chi connectivity index (χ1) is 9.19. The number of aromatic carboxylic acids is 1. The fourth-order valence-electron chi connectivity index (χ4n) is 1.88. The number of fused-ring (bicyclic) bond motifs is 1. The Morgan fingerprint density at radius 3 is 3.05 bits per heavy atom. The molecule has 0 radical (unpaired) electrons. The summed E-state index contributed by atoms with van der Waals surface area (Å²) < 4.78 is 6.97. The molecule has 2 heterocycles. The second-order valence-corrected chi connectivity index (χ2v) is 4.77. The third-order valence-electron chi connectivity index (χ3n) is 2.79. The molecule has 0 bridgehead atoms. The molecule has 0 amide bonds. The van der Waals surface area contributed by atoms with Crippen LogP contribution in [0.5, 0.6) is 5.75 Å². The monoisotopic (exact) mass is 274 g/mol. The van der Waals surface area contributed by atoms with E-state index in [1.165, 1.54) is 17.5 Å². The Hall–Kier alpha value is -2.34. The van der Waals surface area contributed by atoms with E-state index in [0.29, 0.717) is 4.96 Å². The Morgan fingerprint density at radius 2 is 2.32 bits per heavy atom. The van der Waals surface area contributed by atoms with Crippen LogP contribution >= 0.6 is 11.3 Å². The summed E-state index contributed by atoms with van der Waals surface area (Å²) in [5.41, 5.74) is 1.91. The lowest BCUT2D eigenvalue weighted by Crippen LogP contribution is -1.95. The molecule has 0 spiro atoms. The lowest BCUT2D eigenvalue weighted by atomic mass is 10.1. The van der Waals surface area contributed by atoms with Gasteiger partial charge in [-0.25, -0.2) is 9.78 Å². The van der Waals surface area contributed by atoms with E-state index in [2.05, 4.69) is 4.98 Å². The Bertz CT molecular complexity index is 760. The van der Waals surface area contributed by atoms with Crippen LogP contribution in [-0.4, -0.2) is 27.6 Å². The highest BCUT2D eigenvalue weighted by atomic mass is 32.1. The molecule has 0 unspecified atom stereocenters. The smallest absolute Gasteiger partial charge is 0.356 e. The van der Waals surface area contributed by atoms with Crippen LogP contribution in [0.2, 0.25) is 0 Å². The first-order valence-electron chi connectivity index (χ1n) is 5.53. The lowest BCUT2D eigenvalue weighted by molar-refractivity contribution is 0.0691. The van der Waals surface area contributed by atoms with Gasteiger partial charge in [0.25, 0.3) is 0 Å². The van der Waals surface area contributed by atoms with Crippen LogP contribution in [0.15, 0.2) is 35.8 Å². The standard InChI is InChI=1S/C13H10N2O3S/c1-18-9-4-2-3-8(5-9)11-7-19-13-14-10(12(16)17)6-15(11)13/h2-7H,1H3,(H,16,17). The number of thiazole rings is 1. The molecule has 1 aromatic carbocycles. The maximum Gasteiger partial charge on any atom is 0.356 e. The van der Waals surface area contributed by atoms with Crippen LogP contribution in [0.25, 0.3) is 16.2 Å². The number of imidazole rings is 1. The number of benzene rings is 1. The van der Waals surface area contributed by atoms with E-state index in [1.807, 2.05) is 29.6 Å². The molecule has 96 valence electrons. The van der Waals surface area contributed by atoms with E-state index >= 15 is 0 Å². The zero-order valence-electron chi connectivity index (χ0n) is 10.0. The number of hydrogen-bond acceptors (Lipinski definition) is 4. The average molecular weight is 274 g/mol. The van der Waals surface area contributed by atoms with E-state index in [4.69, 9.17) is 9.84 Å². The minimum absolute atomic E-state index is 0.0518. The second-order valence-electron chi connectivity index (χ2n) is 3.94. The van der Waals surface area contributed by atoms with Gasteiger partial charge in [-0.2, -0.15) is 0 Å². The number of carboxylic acids is 1. The summed E-state index contributed by atoms with van der Waals surface area (Å²) in [5, 5.41) is 10.9. The van der Waals surface area contributed by atoms with Crippen molar-refractivity contribution in [2.45, 2.75) is 0 Å². The summed E-state index contributed by atoms with van der Waals surface area (Å²) in [4.78, 5) is 15.6. The summed E-state index contributed by atoms with van der Waals surface area (Å²) in [6.07, 6.45) is 1.53. The van der Waals surface area contributed by atoms with Crippen molar-refractivity contribution in [3.8, 4) is 17.0 Å². The maximum atomic E-state index is 10.9. The van der Waals surface area contributed by atoms with Gasteiger partial charge in [-0.05, 0) is 12.1 Å². The zero-order chi connectivity index (χ0) is 13.4. The van der Waals surface area contributed by atoms with Gasteiger partial charge in [0.05, 0.1) is 12.8 Å². The number of carboxylic acid groups (broad SMARTS) is 1. The van der Waals surface area contributed by atoms with Crippen molar-refractivity contribution in [3.05, 3.63) is 41.5 Å². The fourth-order valence-corrected chi connectivity index (χ4v) is 2.76. The van der Waals surface area contributed by atoms with Crippen molar-refractivity contribution in [2.24, 2.45) is 0 Å². The normalized spacial score (nSPS) is 10.8. The Kier molecular flexibility index (Phi) is 2.72. The van der Waals surface area contributed by atoms with Gasteiger partial charge in [0.1, 0.15) is 5.75 Å². The highest BCUT2D eigenvalue weighted by Gasteiger charge is 2.13. The van der Waals surface area contributed by atoms with Gasteiger partial charge in [0.15, 0.2) is 10.7 Å². The van der Waals surface area contributed by atoms with Gasteiger partial charge in [-0.1, -0.05) is 12.1 Å². The summed E-state index contributed by atoms with van der Waals surface area (Å²) in [7, 11) is 1.61. The van der Waals surface area contributed by atoms with Crippen LogP contribution in [0, 0.1) is 0 Å². The van der Waals surface area contributed by atoms with Crippen LogP contribution in [-0.2, 0) is 0 Å². The minimum atomic E-state index is -1.02. The first-order valence-corrected chi connectivity index (χ1v) is 6.41. The van der Waals surface area contributed by atoms with Gasteiger partial charge in [0.2, 0.25) is 0 Å². The number of nitrogens with zero attached hydrogens (tertiary/aromatic N) is 2. The number of aromatic nitrogens is 2. The molecule has 0 aliphatic heterocycles. The molecule has 0 aliphatic rings. The van der Waals surface area contributed by atoms with Crippen LogP contribution in [0.1, 0.15) is 10.5 Å². The van der Waals surface area contributed by atoms with E-state index in [0.717, 1.165) is 17.0 Å². The number of carbonyl (C=O) groups is 1. The minimum Gasteiger partial charge on any atom is -0.497 e.